The number of amides is 2. The number of hydrogen-bond acceptors (Lipinski definition) is 5. The van der Waals surface area contributed by atoms with Gasteiger partial charge in [-0.15, -0.1) is 0 Å². The first-order valence-electron chi connectivity index (χ1n) is 14.9. The number of sulfonamides is 1. The zero-order valence-corrected chi connectivity index (χ0v) is 24.3. The number of aryl methyl sites for hydroxylation is 1. The number of benzene rings is 2. The predicted octanol–water partition coefficient (Wildman–Crippen LogP) is 4.86. The second-order valence-corrected chi connectivity index (χ2v) is 14.4. The summed E-state index contributed by atoms with van der Waals surface area (Å²) in [4.78, 5) is 15.5. The van der Waals surface area contributed by atoms with Crippen LogP contribution in [0.25, 0.3) is 0 Å². The Balaban J connectivity index is 0.888. The van der Waals surface area contributed by atoms with E-state index in [1.54, 1.807) is 16.4 Å². The normalized spacial score (nSPS) is 28.1. The summed E-state index contributed by atoms with van der Waals surface area (Å²) < 4.78 is 33.4. The fourth-order valence-corrected chi connectivity index (χ4v) is 9.13. The molecule has 0 radical (unpaired) electrons. The van der Waals surface area contributed by atoms with Crippen LogP contribution in [0.1, 0.15) is 50.5 Å². The molecule has 4 aliphatic carbocycles. The van der Waals surface area contributed by atoms with Gasteiger partial charge in [-0.1, -0.05) is 23.8 Å². The molecule has 1 heterocycles. The summed E-state index contributed by atoms with van der Waals surface area (Å²) in [5.41, 5.74) is 1.81. The molecule has 2 aromatic rings. The maximum absolute atomic E-state index is 12.9. The molecule has 7 rings (SSSR count). The standard InChI is InChI=1S/C31H42N4O4S/c1-23-7-9-29(10-8-23)40(37,38)35-14-12-34(13-15-35)11-2-3-16-39-28-6-4-5-27(19-28)32-30(36)33-31-20-24-17-25(21-31)26(18-24)22-31/h4-10,19,24-26H,2-3,11-18,20-22H2,1H3,(H2,32,33,36). The van der Waals surface area contributed by atoms with Crippen LogP contribution in [0.15, 0.2) is 53.4 Å². The van der Waals surface area contributed by atoms with Crippen LogP contribution in [-0.2, 0) is 10.0 Å². The quantitative estimate of drug-likeness (QED) is 0.401. The lowest BCUT2D eigenvalue weighted by molar-refractivity contribution is 0.181. The van der Waals surface area contributed by atoms with Crippen molar-refractivity contribution in [1.82, 2.24) is 14.5 Å². The Morgan fingerprint density at radius 3 is 2.40 bits per heavy atom. The van der Waals surface area contributed by atoms with Crippen LogP contribution in [0.3, 0.4) is 0 Å². The molecular formula is C31H42N4O4S. The van der Waals surface area contributed by atoms with E-state index in [0.717, 1.165) is 86.5 Å². The first-order chi connectivity index (χ1) is 19.3. The fourth-order valence-electron chi connectivity index (χ4n) is 7.71. The molecule has 2 unspecified atom stereocenters. The highest BCUT2D eigenvalue weighted by molar-refractivity contribution is 7.89. The van der Waals surface area contributed by atoms with E-state index in [4.69, 9.17) is 4.74 Å². The van der Waals surface area contributed by atoms with Crippen LogP contribution < -0.4 is 15.4 Å². The van der Waals surface area contributed by atoms with E-state index < -0.39 is 10.0 Å². The van der Waals surface area contributed by atoms with Crippen molar-refractivity contribution in [2.24, 2.45) is 17.8 Å². The summed E-state index contributed by atoms with van der Waals surface area (Å²) in [7, 11) is -3.43. The summed E-state index contributed by atoms with van der Waals surface area (Å²) in [6, 6.07) is 14.6. The van der Waals surface area contributed by atoms with E-state index >= 15 is 0 Å². The maximum Gasteiger partial charge on any atom is 0.319 e. The van der Waals surface area contributed by atoms with E-state index in [2.05, 4.69) is 15.5 Å². The van der Waals surface area contributed by atoms with Crippen molar-refractivity contribution >= 4 is 21.7 Å². The van der Waals surface area contributed by atoms with Crippen LogP contribution in [0.2, 0.25) is 0 Å². The Bertz CT molecular complexity index is 1290. The average Bonchev–Trinajstić information content (AvgIpc) is 3.34. The molecule has 2 N–H and O–H groups in total. The van der Waals surface area contributed by atoms with Crippen molar-refractivity contribution in [1.29, 1.82) is 0 Å². The number of hydrogen-bond donors (Lipinski definition) is 2. The highest BCUT2D eigenvalue weighted by Crippen LogP contribution is 2.59. The zero-order chi connectivity index (χ0) is 27.7. The van der Waals surface area contributed by atoms with Gasteiger partial charge in [-0.25, -0.2) is 13.2 Å². The van der Waals surface area contributed by atoms with Gasteiger partial charge < -0.3 is 20.3 Å². The van der Waals surface area contributed by atoms with E-state index in [1.807, 2.05) is 43.3 Å². The van der Waals surface area contributed by atoms with Crippen molar-refractivity contribution in [2.45, 2.75) is 62.3 Å². The Hall–Kier alpha value is -2.62. The summed E-state index contributed by atoms with van der Waals surface area (Å²) in [5.74, 6) is 3.20. The minimum absolute atomic E-state index is 0.0106. The summed E-state index contributed by atoms with van der Waals surface area (Å²) in [6.07, 6.45) is 8.05. The number of rotatable bonds is 10. The number of piperazine rings is 1. The van der Waals surface area contributed by atoms with Gasteiger partial charge in [0.05, 0.1) is 11.5 Å². The Morgan fingerprint density at radius 2 is 1.70 bits per heavy atom. The molecule has 2 amide bonds. The largest absolute Gasteiger partial charge is 0.494 e. The third-order valence-corrected chi connectivity index (χ3v) is 11.4. The molecule has 2 atom stereocenters. The number of nitrogens with zero attached hydrogens (tertiary/aromatic N) is 2. The Morgan fingerprint density at radius 1 is 0.975 bits per heavy atom. The van der Waals surface area contributed by atoms with Gasteiger partial charge in [0.25, 0.3) is 0 Å². The molecule has 5 fully saturated rings. The Labute approximate surface area is 238 Å². The number of anilines is 1. The van der Waals surface area contributed by atoms with Crippen molar-refractivity contribution in [3.63, 3.8) is 0 Å². The molecule has 1 aliphatic heterocycles. The van der Waals surface area contributed by atoms with Gasteiger partial charge in [-0.2, -0.15) is 4.31 Å². The molecule has 4 bridgehead atoms. The number of nitrogens with one attached hydrogen (secondary N) is 2. The van der Waals surface area contributed by atoms with Crippen LogP contribution in [0.5, 0.6) is 5.75 Å². The molecule has 9 heteroatoms. The van der Waals surface area contributed by atoms with Crippen molar-refractivity contribution in [3.05, 3.63) is 54.1 Å². The number of carbonyl (C=O) groups is 1. The SMILES string of the molecule is Cc1ccc(S(=O)(=O)N2CCN(CCCCOc3cccc(NC(=O)NC45CC6CC(C4)C(C6)C5)c3)CC2)cc1. The molecule has 2 aromatic carbocycles. The zero-order valence-electron chi connectivity index (χ0n) is 23.5. The molecule has 1 saturated heterocycles. The second-order valence-electron chi connectivity index (χ2n) is 12.5. The lowest BCUT2D eigenvalue weighted by Crippen LogP contribution is -2.51. The van der Waals surface area contributed by atoms with E-state index in [0.29, 0.717) is 24.6 Å². The average molecular weight is 567 g/mol. The molecular weight excluding hydrogens is 524 g/mol. The van der Waals surface area contributed by atoms with Crippen molar-refractivity contribution in [2.75, 3.05) is 44.6 Å². The smallest absolute Gasteiger partial charge is 0.319 e. The lowest BCUT2D eigenvalue weighted by Gasteiger charge is -2.39. The predicted molar refractivity (Wildman–Crippen MR) is 156 cm³/mol. The highest BCUT2D eigenvalue weighted by Gasteiger charge is 2.56. The lowest BCUT2D eigenvalue weighted by atomic mass is 9.76. The molecule has 5 aliphatic rings. The number of ether oxygens (including phenoxy) is 1. The molecule has 40 heavy (non-hydrogen) atoms. The highest BCUT2D eigenvalue weighted by atomic mass is 32.2. The van der Waals surface area contributed by atoms with Crippen molar-refractivity contribution in [3.8, 4) is 5.75 Å². The van der Waals surface area contributed by atoms with Crippen LogP contribution in [0.4, 0.5) is 10.5 Å². The minimum atomic E-state index is -3.43. The molecule has 0 aromatic heterocycles. The summed E-state index contributed by atoms with van der Waals surface area (Å²) in [6.45, 7) is 6.00. The third-order valence-electron chi connectivity index (χ3n) is 9.52. The van der Waals surface area contributed by atoms with Gasteiger partial charge in [0.15, 0.2) is 0 Å². The molecule has 0 spiro atoms. The molecule has 216 valence electrons. The minimum Gasteiger partial charge on any atom is -0.494 e. The number of carbonyl (C=O) groups excluding carboxylic acids is 1. The maximum atomic E-state index is 12.9. The van der Waals surface area contributed by atoms with Crippen LogP contribution >= 0.6 is 0 Å². The van der Waals surface area contributed by atoms with Gasteiger partial charge in [0, 0.05) is 43.5 Å². The first kappa shape index (κ1) is 27.5. The number of urea groups is 1. The fraction of sp³-hybridized carbons (Fsp3) is 0.581. The van der Waals surface area contributed by atoms with Gasteiger partial charge in [-0.3, -0.25) is 0 Å². The van der Waals surface area contributed by atoms with Gasteiger partial charge in [0.1, 0.15) is 5.75 Å². The van der Waals surface area contributed by atoms with Gasteiger partial charge >= 0.3 is 6.03 Å². The second kappa shape index (κ2) is 11.3. The molecule has 8 nitrogen and oxygen atoms in total. The van der Waals surface area contributed by atoms with Gasteiger partial charge in [-0.05, 0) is 100 Å². The van der Waals surface area contributed by atoms with Crippen LogP contribution in [0, 0.1) is 24.7 Å². The first-order valence-corrected chi connectivity index (χ1v) is 16.3. The van der Waals surface area contributed by atoms with Crippen molar-refractivity contribution < 1.29 is 17.9 Å². The topological polar surface area (TPSA) is 91.0 Å². The Kier molecular flexibility index (Phi) is 7.81. The van der Waals surface area contributed by atoms with Crippen LogP contribution in [-0.4, -0.2) is 68.5 Å². The summed E-state index contributed by atoms with van der Waals surface area (Å²) >= 11 is 0. The van der Waals surface area contributed by atoms with Gasteiger partial charge in [0.2, 0.25) is 10.0 Å². The van der Waals surface area contributed by atoms with E-state index in [9.17, 15) is 13.2 Å². The summed E-state index contributed by atoms with van der Waals surface area (Å²) in [5, 5.41) is 6.36. The number of unbranched alkanes of at least 4 members (excludes halogenated alkanes) is 1. The molecule has 4 saturated carbocycles. The van der Waals surface area contributed by atoms with E-state index in [1.165, 1.54) is 12.8 Å². The third kappa shape index (κ3) is 6.02. The van der Waals surface area contributed by atoms with E-state index in [-0.39, 0.29) is 11.6 Å². The monoisotopic (exact) mass is 566 g/mol.